The highest BCUT2D eigenvalue weighted by molar-refractivity contribution is 5.94. The average molecular weight is 749 g/mol. The molecule has 0 spiro atoms. The predicted octanol–water partition coefficient (Wildman–Crippen LogP) is -2.92. The van der Waals surface area contributed by atoms with E-state index in [4.69, 9.17) is 12.2 Å². The Morgan fingerprint density at radius 1 is 0.736 bits per heavy atom. The first-order chi connectivity index (χ1) is 26.2. The van der Waals surface area contributed by atoms with Crippen molar-refractivity contribution in [3.8, 4) is 0 Å². The summed E-state index contributed by atoms with van der Waals surface area (Å²) in [6.07, 6.45) is 2.01. The number of hydrogen-bond acceptors (Lipinski definition) is 11. The molecule has 1 fully saturated rings. The second-order valence-electron chi connectivity index (χ2n) is 11.7. The lowest BCUT2D eigenvalue weighted by molar-refractivity contribution is -0.145. The van der Waals surface area contributed by atoms with Gasteiger partial charge in [-0.1, -0.05) is 44.2 Å². The number of amides is 8. The van der Waals surface area contributed by atoms with Crippen LogP contribution in [0.4, 0.5) is 0 Å². The molecule has 0 radical (unpaired) electrons. The predicted molar refractivity (Wildman–Crippen MR) is 187 cm³/mol. The van der Waals surface area contributed by atoms with Gasteiger partial charge in [0.05, 0.1) is 35.4 Å². The van der Waals surface area contributed by atoms with Crippen LogP contribution in [-0.2, 0) is 59.2 Å². The molecule has 19 heteroatoms. The van der Waals surface area contributed by atoms with Gasteiger partial charge in [0.2, 0.25) is 47.3 Å². The van der Waals surface area contributed by atoms with Crippen LogP contribution in [0.25, 0.3) is 0 Å². The SMILES string of the molecule is [2H]C([2H])(NC(=O)CNC(=O)CNC(=O)COCC(=O)N(CCC)CCC)C(=O)N1CCC[C@H]1C(=O)NCC(=O)NCC(=O)NCC(=O)OCc1ccccc1. The number of likely N-dealkylation sites (tertiary alicyclic amines) is 1. The Morgan fingerprint density at radius 2 is 1.28 bits per heavy atom. The van der Waals surface area contributed by atoms with Gasteiger partial charge in [0.25, 0.3) is 0 Å². The van der Waals surface area contributed by atoms with Crippen molar-refractivity contribution in [2.75, 3.05) is 72.1 Å². The normalized spacial score (nSPS) is 14.1. The Kier molecular flexibility index (Phi) is 18.6. The zero-order valence-corrected chi connectivity index (χ0v) is 30.0. The Hall–Kier alpha value is -5.59. The molecule has 292 valence electrons. The van der Waals surface area contributed by atoms with Crippen LogP contribution in [0.2, 0.25) is 0 Å². The minimum atomic E-state index is -2.98. The minimum Gasteiger partial charge on any atom is -0.460 e. The van der Waals surface area contributed by atoms with Crippen molar-refractivity contribution < 1.29 is 55.4 Å². The molecule has 1 atom stereocenters. The number of carbonyl (C=O) groups excluding carboxylic acids is 9. The van der Waals surface area contributed by atoms with E-state index in [1.54, 1.807) is 29.2 Å². The van der Waals surface area contributed by atoms with E-state index < -0.39 is 99.2 Å². The molecular formula is C34H50N8O11. The van der Waals surface area contributed by atoms with E-state index in [0.29, 0.717) is 19.5 Å². The van der Waals surface area contributed by atoms with Gasteiger partial charge in [-0.25, -0.2) is 0 Å². The molecule has 53 heavy (non-hydrogen) atoms. The maximum atomic E-state index is 13.0. The van der Waals surface area contributed by atoms with E-state index in [1.165, 1.54) is 0 Å². The van der Waals surface area contributed by atoms with Gasteiger partial charge in [-0.2, -0.15) is 0 Å². The standard InChI is InChI=1S/C34H50N8O11/c1-3-12-41(13-4-2)32(49)23-52-22-30(47)37-17-26(43)35-15-27(44)38-19-31(48)42-14-8-11-25(42)34(51)40-18-29(46)36-16-28(45)39-20-33(50)53-21-24-9-6-5-7-10-24/h5-7,9-10,25H,3-4,8,11-23H2,1-2H3,(H,35,43)(H,36,46)(H,37,47)(H,38,44)(H,39,45)(H,40,51)/t25-/m0/s1/i19D2. The summed E-state index contributed by atoms with van der Waals surface area (Å²) < 4.78 is 26.4. The van der Waals surface area contributed by atoms with Crippen LogP contribution in [-0.4, -0.2) is 141 Å². The van der Waals surface area contributed by atoms with E-state index in [0.717, 1.165) is 23.3 Å². The Balaban J connectivity index is 1.67. The zero-order valence-electron chi connectivity index (χ0n) is 32.0. The summed E-state index contributed by atoms with van der Waals surface area (Å²) >= 11 is 0. The molecule has 1 aromatic carbocycles. The van der Waals surface area contributed by atoms with Crippen molar-refractivity contribution in [1.82, 2.24) is 41.7 Å². The fraction of sp³-hybridized carbons (Fsp3) is 0.559. The number of carbonyl (C=O) groups is 9. The quantitative estimate of drug-likeness (QED) is 0.0619. The topological polar surface area (TPSA) is 251 Å². The first-order valence-corrected chi connectivity index (χ1v) is 17.2. The number of hydrogen-bond donors (Lipinski definition) is 6. The van der Waals surface area contributed by atoms with Gasteiger partial charge in [0, 0.05) is 19.6 Å². The first-order valence-electron chi connectivity index (χ1n) is 18.2. The van der Waals surface area contributed by atoms with Crippen LogP contribution in [0.1, 0.15) is 47.8 Å². The number of nitrogens with one attached hydrogen (secondary N) is 6. The molecule has 1 aromatic rings. The molecular weight excluding hydrogens is 696 g/mol. The Labute approximate surface area is 310 Å². The van der Waals surface area contributed by atoms with Gasteiger partial charge >= 0.3 is 5.97 Å². The third kappa shape index (κ3) is 17.9. The number of nitrogens with zero attached hydrogens (tertiary/aromatic N) is 2. The van der Waals surface area contributed by atoms with Crippen molar-refractivity contribution >= 4 is 53.2 Å². The van der Waals surface area contributed by atoms with Crippen molar-refractivity contribution in [2.45, 2.75) is 52.2 Å². The largest absolute Gasteiger partial charge is 0.460 e. The summed E-state index contributed by atoms with van der Waals surface area (Å²) in [6, 6.07) is 7.75. The van der Waals surface area contributed by atoms with E-state index in [9.17, 15) is 43.2 Å². The summed E-state index contributed by atoms with van der Waals surface area (Å²) in [6.45, 7) is -1.54. The van der Waals surface area contributed by atoms with E-state index in [1.807, 2.05) is 25.2 Å². The zero-order chi connectivity index (χ0) is 40.8. The lowest BCUT2D eigenvalue weighted by Crippen LogP contribution is -2.51. The molecule has 1 aliphatic rings. The molecule has 0 aromatic heterocycles. The van der Waals surface area contributed by atoms with E-state index in [-0.39, 0.29) is 32.1 Å². The fourth-order valence-corrected chi connectivity index (χ4v) is 4.77. The molecule has 1 aliphatic heterocycles. The lowest BCUT2D eigenvalue weighted by atomic mass is 10.2. The minimum absolute atomic E-state index is 0.0174. The number of ether oxygens (including phenoxy) is 2. The second kappa shape index (κ2) is 24.6. The maximum Gasteiger partial charge on any atom is 0.325 e. The van der Waals surface area contributed by atoms with Crippen LogP contribution >= 0.6 is 0 Å². The molecule has 8 amide bonds. The average Bonchev–Trinajstić information content (AvgIpc) is 3.65. The van der Waals surface area contributed by atoms with E-state index in [2.05, 4.69) is 26.6 Å². The van der Waals surface area contributed by atoms with Gasteiger partial charge in [0.15, 0.2) is 0 Å². The lowest BCUT2D eigenvalue weighted by Gasteiger charge is -2.24. The van der Waals surface area contributed by atoms with Crippen LogP contribution in [0.3, 0.4) is 0 Å². The second-order valence-corrected chi connectivity index (χ2v) is 11.7. The highest BCUT2D eigenvalue weighted by Gasteiger charge is 2.34. The summed E-state index contributed by atoms with van der Waals surface area (Å²) in [7, 11) is 0. The first kappa shape index (κ1) is 40.2. The van der Waals surface area contributed by atoms with Gasteiger partial charge in [-0.15, -0.1) is 0 Å². The summed E-state index contributed by atoms with van der Waals surface area (Å²) in [5.41, 5.74) is 0.766. The maximum absolute atomic E-state index is 13.0. The van der Waals surface area contributed by atoms with E-state index >= 15 is 0 Å². The Morgan fingerprint density at radius 3 is 1.89 bits per heavy atom. The molecule has 1 saturated heterocycles. The van der Waals surface area contributed by atoms with Crippen LogP contribution < -0.4 is 31.9 Å². The van der Waals surface area contributed by atoms with Crippen LogP contribution in [0.15, 0.2) is 30.3 Å². The highest BCUT2D eigenvalue weighted by atomic mass is 16.5. The van der Waals surface area contributed by atoms with Crippen molar-refractivity contribution in [3.05, 3.63) is 35.9 Å². The van der Waals surface area contributed by atoms with Gasteiger partial charge in [0.1, 0.15) is 32.4 Å². The van der Waals surface area contributed by atoms with Crippen LogP contribution in [0, 0.1) is 0 Å². The molecule has 2 rings (SSSR count). The third-order valence-electron chi connectivity index (χ3n) is 7.36. The van der Waals surface area contributed by atoms with Crippen molar-refractivity contribution in [2.24, 2.45) is 0 Å². The summed E-state index contributed by atoms with van der Waals surface area (Å²) in [4.78, 5) is 113. The van der Waals surface area contributed by atoms with Crippen LogP contribution in [0.5, 0.6) is 0 Å². The summed E-state index contributed by atoms with van der Waals surface area (Å²) in [5, 5.41) is 13.2. The smallest absolute Gasteiger partial charge is 0.325 e. The van der Waals surface area contributed by atoms with Crippen molar-refractivity contribution in [3.63, 3.8) is 0 Å². The Bertz CT molecular complexity index is 1510. The molecule has 0 unspecified atom stereocenters. The molecule has 6 N–H and O–H groups in total. The molecule has 1 heterocycles. The van der Waals surface area contributed by atoms with Crippen molar-refractivity contribution in [1.29, 1.82) is 0 Å². The number of benzene rings is 1. The highest BCUT2D eigenvalue weighted by Crippen LogP contribution is 2.17. The molecule has 0 bridgehead atoms. The number of esters is 1. The summed E-state index contributed by atoms with van der Waals surface area (Å²) in [5.74, 6) is -6.95. The number of rotatable bonds is 23. The fourth-order valence-electron chi connectivity index (χ4n) is 4.77. The third-order valence-corrected chi connectivity index (χ3v) is 7.36. The van der Waals surface area contributed by atoms with Gasteiger partial charge in [-0.3, -0.25) is 43.2 Å². The van der Waals surface area contributed by atoms with Gasteiger partial charge in [-0.05, 0) is 31.2 Å². The monoisotopic (exact) mass is 748 g/mol. The van der Waals surface area contributed by atoms with Gasteiger partial charge < -0.3 is 51.2 Å². The molecule has 19 nitrogen and oxygen atoms in total. The molecule has 0 saturated carbocycles. The molecule has 0 aliphatic carbocycles.